The number of ether oxygens (including phenoxy) is 1. The van der Waals surface area contributed by atoms with E-state index >= 15 is 0 Å². The molecule has 0 spiro atoms. The van der Waals surface area contributed by atoms with Crippen molar-refractivity contribution in [1.29, 1.82) is 0 Å². The van der Waals surface area contributed by atoms with Gasteiger partial charge in [0.05, 0.1) is 0 Å². The lowest BCUT2D eigenvalue weighted by Gasteiger charge is -2.34. The molecule has 22 heavy (non-hydrogen) atoms. The summed E-state index contributed by atoms with van der Waals surface area (Å²) >= 11 is 0. The Kier molecular flexibility index (Phi) is 7.07. The summed E-state index contributed by atoms with van der Waals surface area (Å²) in [5.74, 6) is 2.04. The van der Waals surface area contributed by atoms with Crippen LogP contribution in [0.2, 0.25) is 0 Å². The van der Waals surface area contributed by atoms with Gasteiger partial charge in [0.15, 0.2) is 5.96 Å². The van der Waals surface area contributed by atoms with E-state index < -0.39 is 0 Å². The summed E-state index contributed by atoms with van der Waals surface area (Å²) in [7, 11) is 0. The van der Waals surface area contributed by atoms with Crippen LogP contribution in [0.4, 0.5) is 0 Å². The second-order valence-electron chi connectivity index (χ2n) is 5.71. The number of unbranched alkanes of at least 4 members (excludes halogenated alkanes) is 1. The van der Waals surface area contributed by atoms with E-state index in [1.54, 1.807) is 0 Å². The molecule has 1 N–H and O–H groups in total. The summed E-state index contributed by atoms with van der Waals surface area (Å²) in [5, 5.41) is 3.41. The van der Waals surface area contributed by atoms with E-state index in [1.165, 1.54) is 6.42 Å². The minimum atomic E-state index is 0.317. The van der Waals surface area contributed by atoms with Crippen molar-refractivity contribution >= 4 is 5.96 Å². The predicted molar refractivity (Wildman–Crippen MR) is 92.6 cm³/mol. The zero-order valence-corrected chi connectivity index (χ0v) is 13.9. The number of benzene rings is 1. The molecule has 2 rings (SSSR count). The molecular weight excluding hydrogens is 274 g/mol. The molecule has 122 valence electrons. The monoisotopic (exact) mass is 303 g/mol. The highest BCUT2D eigenvalue weighted by Crippen LogP contribution is 2.18. The van der Waals surface area contributed by atoms with Gasteiger partial charge in [0.25, 0.3) is 0 Å². The predicted octanol–water partition coefficient (Wildman–Crippen LogP) is 3.30. The molecule has 0 bridgehead atoms. The molecule has 4 nitrogen and oxygen atoms in total. The highest BCUT2D eigenvalue weighted by molar-refractivity contribution is 5.80. The summed E-state index contributed by atoms with van der Waals surface area (Å²) in [6.45, 7) is 8.19. The highest BCUT2D eigenvalue weighted by Gasteiger charge is 2.22. The summed E-state index contributed by atoms with van der Waals surface area (Å²) in [5.41, 5.74) is 0. The Morgan fingerprint density at radius 3 is 2.59 bits per heavy atom. The smallest absolute Gasteiger partial charge is 0.193 e. The van der Waals surface area contributed by atoms with Crippen LogP contribution in [0.3, 0.4) is 0 Å². The number of aliphatic imine (C=N–C) groups is 1. The molecule has 0 aromatic heterocycles. The van der Waals surface area contributed by atoms with Crippen LogP contribution in [0.1, 0.15) is 39.5 Å². The second-order valence-corrected chi connectivity index (χ2v) is 5.71. The van der Waals surface area contributed by atoms with Crippen molar-refractivity contribution in [2.75, 3.05) is 26.2 Å². The van der Waals surface area contributed by atoms with E-state index in [0.717, 1.165) is 57.2 Å². The van der Waals surface area contributed by atoms with Gasteiger partial charge in [-0.2, -0.15) is 0 Å². The van der Waals surface area contributed by atoms with Gasteiger partial charge < -0.3 is 15.0 Å². The highest BCUT2D eigenvalue weighted by atomic mass is 16.5. The van der Waals surface area contributed by atoms with E-state index in [0.29, 0.717) is 6.10 Å². The first kappa shape index (κ1) is 16.7. The van der Waals surface area contributed by atoms with Gasteiger partial charge in [0.1, 0.15) is 11.9 Å². The molecule has 0 radical (unpaired) electrons. The number of likely N-dealkylation sites (tertiary alicyclic amines) is 1. The average molecular weight is 303 g/mol. The lowest BCUT2D eigenvalue weighted by Crippen LogP contribution is -2.47. The number of nitrogens with one attached hydrogen (secondary N) is 1. The number of rotatable bonds is 6. The Balaban J connectivity index is 1.82. The molecule has 4 heteroatoms. The number of piperidine rings is 1. The molecule has 1 aliphatic rings. The van der Waals surface area contributed by atoms with Crippen molar-refractivity contribution in [2.24, 2.45) is 4.99 Å². The Morgan fingerprint density at radius 2 is 1.95 bits per heavy atom. The number of guanidine groups is 1. The summed E-state index contributed by atoms with van der Waals surface area (Å²) in [6.07, 6.45) is 4.76. The Hall–Kier alpha value is -1.71. The van der Waals surface area contributed by atoms with E-state index in [9.17, 15) is 0 Å². The maximum Gasteiger partial charge on any atom is 0.193 e. The number of hydrogen-bond acceptors (Lipinski definition) is 2. The molecule has 1 aromatic carbocycles. The number of nitrogens with zero attached hydrogens (tertiary/aromatic N) is 2. The lowest BCUT2D eigenvalue weighted by molar-refractivity contribution is 0.129. The topological polar surface area (TPSA) is 36.9 Å². The Morgan fingerprint density at radius 1 is 1.23 bits per heavy atom. The third-order valence-corrected chi connectivity index (χ3v) is 3.90. The maximum atomic E-state index is 6.05. The van der Waals surface area contributed by atoms with Crippen LogP contribution in [0.5, 0.6) is 5.75 Å². The first-order chi connectivity index (χ1) is 10.8. The minimum absolute atomic E-state index is 0.317. The Bertz CT molecular complexity index is 439. The molecule has 1 saturated heterocycles. The van der Waals surface area contributed by atoms with Gasteiger partial charge in [-0.3, -0.25) is 4.99 Å². The van der Waals surface area contributed by atoms with Crippen LogP contribution in [0, 0.1) is 0 Å². The summed E-state index contributed by atoms with van der Waals surface area (Å²) in [4.78, 5) is 7.09. The molecule has 0 aliphatic carbocycles. The van der Waals surface area contributed by atoms with E-state index in [-0.39, 0.29) is 0 Å². The van der Waals surface area contributed by atoms with Gasteiger partial charge in [-0.1, -0.05) is 31.5 Å². The van der Waals surface area contributed by atoms with E-state index in [2.05, 4.69) is 24.1 Å². The standard InChI is InChI=1S/C18H29N3O/c1-3-5-13-20-18(19-4-2)21-14-11-17(12-15-21)22-16-9-7-6-8-10-16/h6-10,17H,3-5,11-15H2,1-2H3,(H,19,20). The molecular formula is C18H29N3O. The van der Waals surface area contributed by atoms with Gasteiger partial charge in [-0.25, -0.2) is 0 Å². The van der Waals surface area contributed by atoms with Crippen molar-refractivity contribution in [2.45, 2.75) is 45.6 Å². The van der Waals surface area contributed by atoms with E-state index in [4.69, 9.17) is 9.73 Å². The molecule has 0 amide bonds. The lowest BCUT2D eigenvalue weighted by atomic mass is 10.1. The largest absolute Gasteiger partial charge is 0.490 e. The van der Waals surface area contributed by atoms with Crippen LogP contribution in [0.15, 0.2) is 35.3 Å². The first-order valence-corrected chi connectivity index (χ1v) is 8.58. The van der Waals surface area contributed by atoms with Crippen molar-refractivity contribution in [3.63, 3.8) is 0 Å². The normalized spacial score (nSPS) is 16.6. The third kappa shape index (κ3) is 5.24. The van der Waals surface area contributed by atoms with Crippen LogP contribution < -0.4 is 10.1 Å². The van der Waals surface area contributed by atoms with Crippen LogP contribution in [-0.2, 0) is 0 Å². The van der Waals surface area contributed by atoms with Crippen LogP contribution in [0.25, 0.3) is 0 Å². The molecule has 0 atom stereocenters. The molecule has 0 unspecified atom stereocenters. The third-order valence-electron chi connectivity index (χ3n) is 3.90. The fraction of sp³-hybridized carbons (Fsp3) is 0.611. The zero-order valence-electron chi connectivity index (χ0n) is 13.9. The van der Waals surface area contributed by atoms with Crippen molar-refractivity contribution in [1.82, 2.24) is 10.2 Å². The molecule has 1 heterocycles. The van der Waals surface area contributed by atoms with Crippen molar-refractivity contribution < 1.29 is 4.74 Å². The van der Waals surface area contributed by atoms with Gasteiger partial charge in [0.2, 0.25) is 0 Å². The van der Waals surface area contributed by atoms with E-state index in [1.807, 2.05) is 30.3 Å². The minimum Gasteiger partial charge on any atom is -0.490 e. The second kappa shape index (κ2) is 9.34. The van der Waals surface area contributed by atoms with Crippen LogP contribution in [-0.4, -0.2) is 43.1 Å². The fourth-order valence-corrected chi connectivity index (χ4v) is 2.65. The molecule has 1 fully saturated rings. The zero-order chi connectivity index (χ0) is 15.6. The van der Waals surface area contributed by atoms with Gasteiger partial charge >= 0.3 is 0 Å². The molecule has 0 saturated carbocycles. The summed E-state index contributed by atoms with van der Waals surface area (Å²) in [6, 6.07) is 10.1. The quantitative estimate of drug-likeness (QED) is 0.498. The van der Waals surface area contributed by atoms with Crippen molar-refractivity contribution in [3.8, 4) is 5.75 Å². The molecule has 1 aliphatic heterocycles. The van der Waals surface area contributed by atoms with Crippen molar-refractivity contribution in [3.05, 3.63) is 30.3 Å². The number of para-hydroxylation sites is 1. The number of hydrogen-bond donors (Lipinski definition) is 1. The fourth-order valence-electron chi connectivity index (χ4n) is 2.65. The maximum absolute atomic E-state index is 6.05. The van der Waals surface area contributed by atoms with Gasteiger partial charge in [0, 0.05) is 39.0 Å². The summed E-state index contributed by atoms with van der Waals surface area (Å²) < 4.78 is 6.05. The van der Waals surface area contributed by atoms with Gasteiger partial charge in [-0.15, -0.1) is 0 Å². The SMILES string of the molecule is CCCCN=C(NCC)N1CCC(Oc2ccccc2)CC1. The average Bonchev–Trinajstić information content (AvgIpc) is 2.56. The molecule has 1 aromatic rings. The van der Waals surface area contributed by atoms with Crippen LogP contribution >= 0.6 is 0 Å². The van der Waals surface area contributed by atoms with Gasteiger partial charge in [-0.05, 0) is 25.5 Å². The Labute approximate surface area is 134 Å². The first-order valence-electron chi connectivity index (χ1n) is 8.58.